The van der Waals surface area contributed by atoms with Crippen LogP contribution in [0.2, 0.25) is 0 Å². The first-order chi connectivity index (χ1) is 10.3. The molecule has 0 N–H and O–H groups in total. The van der Waals surface area contributed by atoms with Crippen LogP contribution >= 0.6 is 0 Å². The second-order valence-electron chi connectivity index (χ2n) is 6.20. The van der Waals surface area contributed by atoms with Gasteiger partial charge in [-0.25, -0.2) is 13.8 Å². The number of hydrogen-bond donors (Lipinski definition) is 0. The lowest BCUT2D eigenvalue weighted by Gasteiger charge is -2.17. The predicted molar refractivity (Wildman–Crippen MR) is 79.8 cm³/mol. The van der Waals surface area contributed by atoms with Crippen molar-refractivity contribution >= 4 is 0 Å². The van der Waals surface area contributed by atoms with Gasteiger partial charge in [-0.3, -0.25) is 0 Å². The fourth-order valence-corrected chi connectivity index (χ4v) is 1.73. The Morgan fingerprint density at radius 2 is 1.86 bits per heavy atom. The topological polar surface area (TPSA) is 31.4 Å². The standard InChI is InChI=1S/C17H19F2NO2/c1-17(2,3)11-21-10-13-5-4-6-16(20-13)22-15-8-7-12(18)9-14(15)19/h4-9H,10-11H2,1-3H3. The minimum absolute atomic E-state index is 0.0679. The maximum atomic E-state index is 13.6. The largest absolute Gasteiger partial charge is 0.436 e. The minimum Gasteiger partial charge on any atom is -0.436 e. The van der Waals surface area contributed by atoms with Gasteiger partial charge in [0.05, 0.1) is 18.9 Å². The van der Waals surface area contributed by atoms with Crippen molar-refractivity contribution in [3.8, 4) is 11.6 Å². The maximum Gasteiger partial charge on any atom is 0.219 e. The lowest BCUT2D eigenvalue weighted by atomic mass is 9.99. The van der Waals surface area contributed by atoms with Crippen molar-refractivity contribution in [1.29, 1.82) is 0 Å². The summed E-state index contributed by atoms with van der Waals surface area (Å²) in [7, 11) is 0. The first kappa shape index (κ1) is 16.4. The zero-order valence-corrected chi connectivity index (χ0v) is 12.9. The van der Waals surface area contributed by atoms with Gasteiger partial charge in [-0.15, -0.1) is 0 Å². The normalized spacial score (nSPS) is 11.5. The lowest BCUT2D eigenvalue weighted by molar-refractivity contribution is 0.0579. The van der Waals surface area contributed by atoms with E-state index < -0.39 is 11.6 Å². The molecule has 0 amide bonds. The van der Waals surface area contributed by atoms with E-state index in [1.807, 2.05) is 0 Å². The van der Waals surface area contributed by atoms with Gasteiger partial charge in [-0.2, -0.15) is 0 Å². The van der Waals surface area contributed by atoms with Crippen molar-refractivity contribution in [2.75, 3.05) is 6.61 Å². The van der Waals surface area contributed by atoms with Gasteiger partial charge < -0.3 is 9.47 Å². The molecule has 0 spiro atoms. The predicted octanol–water partition coefficient (Wildman–Crippen LogP) is 4.71. The van der Waals surface area contributed by atoms with Gasteiger partial charge in [-0.1, -0.05) is 26.8 Å². The highest BCUT2D eigenvalue weighted by Gasteiger charge is 2.11. The van der Waals surface area contributed by atoms with Gasteiger partial charge in [0.1, 0.15) is 5.82 Å². The van der Waals surface area contributed by atoms with Crippen molar-refractivity contribution in [1.82, 2.24) is 4.98 Å². The second-order valence-corrected chi connectivity index (χ2v) is 6.20. The Hall–Kier alpha value is -2.01. The first-order valence-electron chi connectivity index (χ1n) is 7.00. The number of nitrogens with zero attached hydrogens (tertiary/aromatic N) is 1. The molecule has 3 nitrogen and oxygen atoms in total. The van der Waals surface area contributed by atoms with Crippen LogP contribution in [0.3, 0.4) is 0 Å². The van der Waals surface area contributed by atoms with Crippen LogP contribution in [0.15, 0.2) is 36.4 Å². The van der Waals surface area contributed by atoms with E-state index in [0.29, 0.717) is 18.9 Å². The van der Waals surface area contributed by atoms with Crippen LogP contribution in [0.5, 0.6) is 11.6 Å². The zero-order chi connectivity index (χ0) is 16.2. The SMILES string of the molecule is CC(C)(C)COCc1cccc(Oc2ccc(F)cc2F)n1. The number of ether oxygens (including phenoxy) is 2. The molecule has 0 fully saturated rings. The van der Waals surface area contributed by atoms with E-state index in [0.717, 1.165) is 12.1 Å². The number of pyridine rings is 1. The van der Waals surface area contributed by atoms with Gasteiger partial charge in [0, 0.05) is 12.1 Å². The van der Waals surface area contributed by atoms with E-state index in [9.17, 15) is 8.78 Å². The Kier molecular flexibility index (Phi) is 5.08. The average molecular weight is 307 g/mol. The number of hydrogen-bond acceptors (Lipinski definition) is 3. The Bertz CT molecular complexity index is 639. The van der Waals surface area contributed by atoms with Gasteiger partial charge in [0.15, 0.2) is 11.6 Å². The molecule has 118 valence electrons. The first-order valence-corrected chi connectivity index (χ1v) is 7.00. The van der Waals surface area contributed by atoms with Crippen molar-refractivity contribution in [3.63, 3.8) is 0 Å². The smallest absolute Gasteiger partial charge is 0.219 e. The van der Waals surface area contributed by atoms with E-state index in [1.165, 1.54) is 6.07 Å². The molecule has 5 heteroatoms. The number of rotatable bonds is 5. The molecule has 0 saturated carbocycles. The third-order valence-electron chi connectivity index (χ3n) is 2.67. The zero-order valence-electron chi connectivity index (χ0n) is 12.9. The summed E-state index contributed by atoms with van der Waals surface area (Å²) in [5.74, 6) is -1.25. The highest BCUT2D eigenvalue weighted by Crippen LogP contribution is 2.24. The molecule has 0 aliphatic carbocycles. The van der Waals surface area contributed by atoms with Gasteiger partial charge >= 0.3 is 0 Å². The van der Waals surface area contributed by atoms with E-state index in [1.54, 1.807) is 18.2 Å². The number of halogens is 2. The Balaban J connectivity index is 2.02. The fraction of sp³-hybridized carbons (Fsp3) is 0.353. The molecule has 1 aromatic heterocycles. The van der Waals surface area contributed by atoms with Crippen molar-refractivity contribution in [2.45, 2.75) is 27.4 Å². The van der Waals surface area contributed by atoms with E-state index >= 15 is 0 Å². The highest BCUT2D eigenvalue weighted by molar-refractivity contribution is 5.29. The summed E-state index contributed by atoms with van der Waals surface area (Å²) in [6.07, 6.45) is 0. The van der Waals surface area contributed by atoms with Crippen LogP contribution < -0.4 is 4.74 Å². The molecular formula is C17H19F2NO2. The highest BCUT2D eigenvalue weighted by atomic mass is 19.1. The summed E-state index contributed by atoms with van der Waals surface area (Å²) >= 11 is 0. The third-order valence-corrected chi connectivity index (χ3v) is 2.67. The summed E-state index contributed by atoms with van der Waals surface area (Å²) in [5.41, 5.74) is 0.759. The number of aromatic nitrogens is 1. The van der Waals surface area contributed by atoms with Crippen LogP contribution in [0.4, 0.5) is 8.78 Å². The van der Waals surface area contributed by atoms with Crippen LogP contribution in [-0.2, 0) is 11.3 Å². The van der Waals surface area contributed by atoms with Crippen molar-refractivity contribution < 1.29 is 18.3 Å². The molecule has 0 atom stereocenters. The molecular weight excluding hydrogens is 288 g/mol. The summed E-state index contributed by atoms with van der Waals surface area (Å²) in [6, 6.07) is 8.29. The molecule has 1 aromatic carbocycles. The van der Waals surface area contributed by atoms with Gasteiger partial charge in [-0.05, 0) is 23.6 Å². The third kappa shape index (κ3) is 5.07. The molecule has 1 heterocycles. The fourth-order valence-electron chi connectivity index (χ4n) is 1.73. The van der Waals surface area contributed by atoms with Gasteiger partial charge in [0.25, 0.3) is 0 Å². The maximum absolute atomic E-state index is 13.6. The summed E-state index contributed by atoms with van der Waals surface area (Å²) in [4.78, 5) is 4.24. The summed E-state index contributed by atoms with van der Waals surface area (Å²) < 4.78 is 37.3. The van der Waals surface area contributed by atoms with E-state index in [2.05, 4.69) is 25.8 Å². The monoisotopic (exact) mass is 307 g/mol. The Morgan fingerprint density at radius 1 is 1.09 bits per heavy atom. The Labute approximate surface area is 128 Å². The van der Waals surface area contributed by atoms with E-state index in [4.69, 9.17) is 9.47 Å². The molecule has 0 unspecified atom stereocenters. The molecule has 2 aromatic rings. The Morgan fingerprint density at radius 3 is 2.55 bits per heavy atom. The molecule has 0 aliphatic heterocycles. The van der Waals surface area contributed by atoms with Crippen LogP contribution in [0.1, 0.15) is 26.5 Å². The molecule has 0 bridgehead atoms. The molecule has 0 saturated heterocycles. The number of benzene rings is 1. The molecule has 22 heavy (non-hydrogen) atoms. The van der Waals surface area contributed by atoms with Crippen LogP contribution in [0, 0.1) is 17.0 Å². The van der Waals surface area contributed by atoms with Crippen molar-refractivity contribution in [2.24, 2.45) is 5.41 Å². The molecule has 2 rings (SSSR count). The molecule has 0 aliphatic rings. The summed E-state index contributed by atoms with van der Waals surface area (Å²) in [5, 5.41) is 0. The van der Waals surface area contributed by atoms with Crippen LogP contribution in [-0.4, -0.2) is 11.6 Å². The van der Waals surface area contributed by atoms with Crippen molar-refractivity contribution in [3.05, 3.63) is 53.7 Å². The van der Waals surface area contributed by atoms with E-state index in [-0.39, 0.29) is 17.0 Å². The molecule has 0 radical (unpaired) electrons. The van der Waals surface area contributed by atoms with Gasteiger partial charge in [0.2, 0.25) is 5.88 Å². The minimum atomic E-state index is -0.767. The second kappa shape index (κ2) is 6.83. The average Bonchev–Trinajstić information content (AvgIpc) is 2.41. The quantitative estimate of drug-likeness (QED) is 0.801. The summed E-state index contributed by atoms with van der Waals surface area (Å²) in [6.45, 7) is 7.19. The van der Waals surface area contributed by atoms with Crippen LogP contribution in [0.25, 0.3) is 0 Å². The lowest BCUT2D eigenvalue weighted by Crippen LogP contribution is -2.14.